The molecule has 1 heterocycles. The molecule has 0 saturated carbocycles. The van der Waals surface area contributed by atoms with Crippen LogP contribution in [0.15, 0.2) is 53.4 Å². The number of carbonyl (C=O) groups excluding carboxylic acids is 1. The zero-order valence-electron chi connectivity index (χ0n) is 15.9. The van der Waals surface area contributed by atoms with E-state index in [-0.39, 0.29) is 10.8 Å². The van der Waals surface area contributed by atoms with Gasteiger partial charge >= 0.3 is 0 Å². The predicted molar refractivity (Wildman–Crippen MR) is 111 cm³/mol. The Morgan fingerprint density at radius 3 is 2.50 bits per heavy atom. The molecule has 0 bridgehead atoms. The minimum atomic E-state index is -3.76. The lowest BCUT2D eigenvalue weighted by Crippen LogP contribution is -2.43. The van der Waals surface area contributed by atoms with E-state index in [0.717, 1.165) is 38.3 Å². The molecule has 1 aliphatic rings. The van der Waals surface area contributed by atoms with E-state index >= 15 is 0 Å². The van der Waals surface area contributed by atoms with Gasteiger partial charge in [0, 0.05) is 38.3 Å². The molecule has 0 aliphatic carbocycles. The van der Waals surface area contributed by atoms with Crippen molar-refractivity contribution in [2.24, 2.45) is 0 Å². The van der Waals surface area contributed by atoms with Gasteiger partial charge in [0.2, 0.25) is 0 Å². The maximum atomic E-state index is 12.8. The molecule has 0 unspecified atom stereocenters. The number of nitrogens with one attached hydrogen (secondary N) is 3. The third-order valence-corrected chi connectivity index (χ3v) is 5.93. The van der Waals surface area contributed by atoms with Crippen LogP contribution >= 0.6 is 0 Å². The molecule has 3 N–H and O–H groups in total. The summed E-state index contributed by atoms with van der Waals surface area (Å²) >= 11 is 0. The number of piperazine rings is 1. The number of benzene rings is 2. The zero-order valence-corrected chi connectivity index (χ0v) is 16.8. The van der Waals surface area contributed by atoms with Gasteiger partial charge in [-0.25, -0.2) is 8.42 Å². The second-order valence-corrected chi connectivity index (χ2v) is 8.33. The normalized spacial score (nSPS) is 14.5. The standard InChI is InChI=1S/C20H26N4O3S/c1-2-10-22-20(25)16-8-9-19(24-13-11-21-12-14-24)18(15-16)23-28(26,27)17-6-4-3-5-7-17/h3-9,15,21,23H,2,10-14H2,1H3,(H,22,25). The molecule has 2 aromatic rings. The van der Waals surface area contributed by atoms with Crippen LogP contribution in [0.2, 0.25) is 0 Å². The molecular formula is C20H26N4O3S. The van der Waals surface area contributed by atoms with Crippen LogP contribution in [0, 0.1) is 0 Å². The number of hydrogen-bond acceptors (Lipinski definition) is 5. The molecule has 1 saturated heterocycles. The van der Waals surface area contributed by atoms with Crippen LogP contribution in [0.5, 0.6) is 0 Å². The number of nitrogens with zero attached hydrogens (tertiary/aromatic N) is 1. The molecule has 0 atom stereocenters. The molecule has 1 aliphatic heterocycles. The van der Waals surface area contributed by atoms with Crippen LogP contribution < -0.4 is 20.3 Å². The fourth-order valence-electron chi connectivity index (χ4n) is 3.08. The third-order valence-electron chi connectivity index (χ3n) is 4.55. The Labute approximate surface area is 166 Å². The maximum absolute atomic E-state index is 12.8. The lowest BCUT2D eigenvalue weighted by Gasteiger charge is -2.31. The number of anilines is 2. The Kier molecular flexibility index (Phi) is 6.53. The lowest BCUT2D eigenvalue weighted by atomic mass is 10.1. The maximum Gasteiger partial charge on any atom is 0.261 e. The van der Waals surface area contributed by atoms with E-state index in [0.29, 0.717) is 17.8 Å². The van der Waals surface area contributed by atoms with Gasteiger partial charge in [-0.3, -0.25) is 9.52 Å². The first-order valence-electron chi connectivity index (χ1n) is 9.47. The predicted octanol–water partition coefficient (Wildman–Crippen LogP) is 2.04. The van der Waals surface area contributed by atoms with Gasteiger partial charge in [-0.05, 0) is 36.8 Å². The number of rotatable bonds is 7. The smallest absolute Gasteiger partial charge is 0.261 e. The fraction of sp³-hybridized carbons (Fsp3) is 0.350. The molecule has 0 radical (unpaired) electrons. The molecule has 0 spiro atoms. The van der Waals surface area contributed by atoms with Crippen molar-refractivity contribution in [2.75, 3.05) is 42.3 Å². The number of amides is 1. The average molecular weight is 403 g/mol. The Morgan fingerprint density at radius 2 is 1.82 bits per heavy atom. The topological polar surface area (TPSA) is 90.5 Å². The Morgan fingerprint density at radius 1 is 1.11 bits per heavy atom. The van der Waals surface area contributed by atoms with Crippen LogP contribution in [-0.2, 0) is 10.0 Å². The zero-order chi connectivity index (χ0) is 20.0. The van der Waals surface area contributed by atoms with Gasteiger partial charge in [0.05, 0.1) is 16.3 Å². The molecule has 2 aromatic carbocycles. The van der Waals surface area contributed by atoms with E-state index in [1.54, 1.807) is 42.5 Å². The molecule has 7 nitrogen and oxygen atoms in total. The molecule has 3 rings (SSSR count). The van der Waals surface area contributed by atoms with E-state index in [1.807, 2.05) is 13.0 Å². The highest BCUT2D eigenvalue weighted by atomic mass is 32.2. The SMILES string of the molecule is CCCNC(=O)c1ccc(N2CCNCC2)c(NS(=O)(=O)c2ccccc2)c1. The van der Waals surface area contributed by atoms with E-state index in [9.17, 15) is 13.2 Å². The highest BCUT2D eigenvalue weighted by Crippen LogP contribution is 2.30. The monoisotopic (exact) mass is 402 g/mol. The summed E-state index contributed by atoms with van der Waals surface area (Å²) in [6, 6.07) is 13.4. The average Bonchev–Trinajstić information content (AvgIpc) is 2.73. The number of sulfonamides is 1. The summed E-state index contributed by atoms with van der Waals surface area (Å²) in [4.78, 5) is 14.7. The quantitative estimate of drug-likeness (QED) is 0.659. The van der Waals surface area contributed by atoms with Crippen molar-refractivity contribution in [1.82, 2.24) is 10.6 Å². The Balaban J connectivity index is 1.95. The van der Waals surface area contributed by atoms with Crippen molar-refractivity contribution in [1.29, 1.82) is 0 Å². The molecule has 0 aromatic heterocycles. The summed E-state index contributed by atoms with van der Waals surface area (Å²) in [5.74, 6) is -0.214. The molecular weight excluding hydrogens is 376 g/mol. The first-order chi connectivity index (χ1) is 13.5. The highest BCUT2D eigenvalue weighted by molar-refractivity contribution is 7.92. The molecule has 28 heavy (non-hydrogen) atoms. The van der Waals surface area contributed by atoms with Crippen LogP contribution in [0.4, 0.5) is 11.4 Å². The van der Waals surface area contributed by atoms with Gasteiger partial charge in [0.25, 0.3) is 15.9 Å². The summed E-state index contributed by atoms with van der Waals surface area (Å²) in [6.45, 7) is 5.73. The van der Waals surface area contributed by atoms with Gasteiger partial charge in [-0.15, -0.1) is 0 Å². The largest absolute Gasteiger partial charge is 0.367 e. The van der Waals surface area contributed by atoms with Gasteiger partial charge in [0.1, 0.15) is 0 Å². The van der Waals surface area contributed by atoms with Gasteiger partial charge in [0.15, 0.2) is 0 Å². The summed E-state index contributed by atoms with van der Waals surface area (Å²) < 4.78 is 28.4. The van der Waals surface area contributed by atoms with Crippen molar-refractivity contribution in [3.63, 3.8) is 0 Å². The second-order valence-electron chi connectivity index (χ2n) is 6.64. The number of hydrogen-bond donors (Lipinski definition) is 3. The minimum Gasteiger partial charge on any atom is -0.367 e. The molecule has 8 heteroatoms. The molecule has 150 valence electrons. The molecule has 1 amide bonds. The first-order valence-corrected chi connectivity index (χ1v) is 11.0. The van der Waals surface area contributed by atoms with Crippen molar-refractivity contribution in [3.8, 4) is 0 Å². The van der Waals surface area contributed by atoms with Gasteiger partial charge < -0.3 is 15.5 Å². The minimum absolute atomic E-state index is 0.182. The summed E-state index contributed by atoms with van der Waals surface area (Å²) in [5, 5.41) is 6.12. The van der Waals surface area contributed by atoms with Crippen LogP contribution in [0.3, 0.4) is 0 Å². The molecule has 1 fully saturated rings. The summed E-state index contributed by atoms with van der Waals surface area (Å²) in [5.41, 5.74) is 1.61. The summed E-state index contributed by atoms with van der Waals surface area (Å²) in [6.07, 6.45) is 0.831. The fourth-order valence-corrected chi connectivity index (χ4v) is 4.17. The summed E-state index contributed by atoms with van der Waals surface area (Å²) in [7, 11) is -3.76. The van der Waals surface area contributed by atoms with E-state index in [2.05, 4.69) is 20.3 Å². The van der Waals surface area contributed by atoms with Crippen molar-refractivity contribution >= 4 is 27.3 Å². The van der Waals surface area contributed by atoms with Crippen molar-refractivity contribution in [2.45, 2.75) is 18.2 Å². The van der Waals surface area contributed by atoms with Gasteiger partial charge in [-0.2, -0.15) is 0 Å². The lowest BCUT2D eigenvalue weighted by molar-refractivity contribution is 0.0953. The van der Waals surface area contributed by atoms with Crippen molar-refractivity contribution < 1.29 is 13.2 Å². The van der Waals surface area contributed by atoms with E-state index in [1.165, 1.54) is 0 Å². The number of carbonyl (C=O) groups is 1. The first kappa shape index (κ1) is 20.2. The highest BCUT2D eigenvalue weighted by Gasteiger charge is 2.21. The Bertz CT molecular complexity index is 910. The second kappa shape index (κ2) is 9.07. The van der Waals surface area contributed by atoms with Crippen molar-refractivity contribution in [3.05, 3.63) is 54.1 Å². The van der Waals surface area contributed by atoms with Crippen LogP contribution in [-0.4, -0.2) is 47.0 Å². The van der Waals surface area contributed by atoms with Gasteiger partial charge in [-0.1, -0.05) is 25.1 Å². The third kappa shape index (κ3) is 4.82. The van der Waals surface area contributed by atoms with E-state index in [4.69, 9.17) is 0 Å². The van der Waals surface area contributed by atoms with Crippen LogP contribution in [0.25, 0.3) is 0 Å². The Hall–Kier alpha value is -2.58. The van der Waals surface area contributed by atoms with E-state index < -0.39 is 10.0 Å². The van der Waals surface area contributed by atoms with Crippen LogP contribution in [0.1, 0.15) is 23.7 Å².